The zero-order chi connectivity index (χ0) is 18.1. The largest absolute Gasteiger partial charge is 0.506 e. The quantitative estimate of drug-likeness (QED) is 0.811. The SMILES string of the molecule is CC(C)(C)c1ccc(O)c(N=Nc2cc(S(C)(=O)=O)ccc2O)c1. The third kappa shape index (κ3) is 4.11. The van der Waals surface area contributed by atoms with E-state index in [1.165, 1.54) is 24.3 Å². The molecule has 0 fully saturated rings. The van der Waals surface area contributed by atoms with Crippen LogP contribution in [0.4, 0.5) is 11.4 Å². The molecule has 128 valence electrons. The Morgan fingerprint density at radius 1 is 0.875 bits per heavy atom. The minimum absolute atomic E-state index is 0.0125. The van der Waals surface area contributed by atoms with Gasteiger partial charge in [0.25, 0.3) is 0 Å². The molecule has 0 saturated carbocycles. The number of nitrogens with zero attached hydrogens (tertiary/aromatic N) is 2. The second kappa shape index (κ2) is 6.24. The van der Waals surface area contributed by atoms with E-state index in [9.17, 15) is 18.6 Å². The first-order valence-electron chi connectivity index (χ1n) is 7.27. The predicted octanol–water partition coefficient (Wildman–Crippen LogP) is 4.21. The van der Waals surface area contributed by atoms with Crippen LogP contribution in [0.3, 0.4) is 0 Å². The highest BCUT2D eigenvalue weighted by Crippen LogP contribution is 2.35. The first kappa shape index (κ1) is 17.9. The number of phenols is 2. The van der Waals surface area contributed by atoms with Gasteiger partial charge in [-0.2, -0.15) is 0 Å². The molecule has 0 aliphatic rings. The zero-order valence-electron chi connectivity index (χ0n) is 14.0. The monoisotopic (exact) mass is 348 g/mol. The van der Waals surface area contributed by atoms with Crippen molar-refractivity contribution in [1.29, 1.82) is 0 Å². The summed E-state index contributed by atoms with van der Waals surface area (Å²) in [5, 5.41) is 27.6. The van der Waals surface area contributed by atoms with Gasteiger partial charge in [0.1, 0.15) is 22.9 Å². The summed E-state index contributed by atoms with van der Waals surface area (Å²) in [6.07, 6.45) is 1.07. The van der Waals surface area contributed by atoms with Gasteiger partial charge in [-0.15, -0.1) is 10.2 Å². The molecule has 2 N–H and O–H groups in total. The number of rotatable bonds is 3. The maximum absolute atomic E-state index is 11.6. The molecule has 0 unspecified atom stereocenters. The maximum Gasteiger partial charge on any atom is 0.175 e. The average Bonchev–Trinajstić information content (AvgIpc) is 2.45. The number of hydrogen-bond acceptors (Lipinski definition) is 6. The highest BCUT2D eigenvalue weighted by atomic mass is 32.2. The van der Waals surface area contributed by atoms with Gasteiger partial charge in [-0.3, -0.25) is 0 Å². The number of azo groups is 1. The van der Waals surface area contributed by atoms with Crippen molar-refractivity contribution in [2.24, 2.45) is 10.2 Å². The van der Waals surface area contributed by atoms with Crippen LogP contribution in [0.2, 0.25) is 0 Å². The van der Waals surface area contributed by atoms with Crippen molar-refractivity contribution in [3.8, 4) is 11.5 Å². The lowest BCUT2D eigenvalue weighted by Crippen LogP contribution is -2.10. The van der Waals surface area contributed by atoms with Crippen LogP contribution < -0.4 is 0 Å². The van der Waals surface area contributed by atoms with E-state index in [1.807, 2.05) is 20.8 Å². The van der Waals surface area contributed by atoms with Crippen molar-refractivity contribution in [1.82, 2.24) is 0 Å². The number of phenolic OH excluding ortho intramolecular Hbond substituents is 2. The molecule has 0 aromatic heterocycles. The summed E-state index contributed by atoms with van der Waals surface area (Å²) in [6.45, 7) is 6.09. The van der Waals surface area contributed by atoms with E-state index < -0.39 is 9.84 Å². The molecule has 6 nitrogen and oxygen atoms in total. The van der Waals surface area contributed by atoms with Crippen LogP contribution in [0, 0.1) is 0 Å². The van der Waals surface area contributed by atoms with E-state index in [4.69, 9.17) is 0 Å². The van der Waals surface area contributed by atoms with Crippen LogP contribution in [0.15, 0.2) is 51.5 Å². The Labute approximate surface area is 141 Å². The van der Waals surface area contributed by atoms with Crippen molar-refractivity contribution in [3.05, 3.63) is 42.0 Å². The van der Waals surface area contributed by atoms with Gasteiger partial charge >= 0.3 is 0 Å². The summed E-state index contributed by atoms with van der Waals surface area (Å²) in [5.74, 6) is -0.247. The van der Waals surface area contributed by atoms with Gasteiger partial charge in [-0.25, -0.2) is 8.42 Å². The van der Waals surface area contributed by atoms with Gasteiger partial charge < -0.3 is 10.2 Å². The lowest BCUT2D eigenvalue weighted by Gasteiger charge is -2.19. The van der Waals surface area contributed by atoms with Gasteiger partial charge in [0, 0.05) is 6.26 Å². The highest BCUT2D eigenvalue weighted by molar-refractivity contribution is 7.90. The smallest absolute Gasteiger partial charge is 0.175 e. The van der Waals surface area contributed by atoms with Crippen LogP contribution in [-0.4, -0.2) is 24.9 Å². The van der Waals surface area contributed by atoms with Crippen molar-refractivity contribution >= 4 is 21.2 Å². The first-order chi connectivity index (χ1) is 11.0. The predicted molar refractivity (Wildman–Crippen MR) is 92.2 cm³/mol. The Morgan fingerprint density at radius 3 is 1.88 bits per heavy atom. The van der Waals surface area contributed by atoms with Gasteiger partial charge in [0.2, 0.25) is 0 Å². The molecule has 2 rings (SSSR count). The third-order valence-electron chi connectivity index (χ3n) is 3.48. The van der Waals surface area contributed by atoms with Crippen LogP contribution >= 0.6 is 0 Å². The van der Waals surface area contributed by atoms with E-state index in [-0.39, 0.29) is 33.2 Å². The standard InChI is InChI=1S/C17H20N2O4S/c1-17(2,3)11-5-7-15(20)13(9-11)18-19-14-10-12(24(4,22)23)6-8-16(14)21/h5-10,20-21H,1-4H3. The van der Waals surface area contributed by atoms with E-state index in [0.717, 1.165) is 11.8 Å². The normalized spacial score (nSPS) is 12.7. The van der Waals surface area contributed by atoms with Gasteiger partial charge in [-0.1, -0.05) is 26.8 Å². The molecule has 0 aliphatic heterocycles. The van der Waals surface area contributed by atoms with E-state index in [0.29, 0.717) is 0 Å². The highest BCUT2D eigenvalue weighted by Gasteiger charge is 2.16. The topological polar surface area (TPSA) is 99.3 Å². The van der Waals surface area contributed by atoms with Crippen LogP contribution in [0.1, 0.15) is 26.3 Å². The number of aromatic hydroxyl groups is 2. The summed E-state index contributed by atoms with van der Waals surface area (Å²) in [5.41, 5.74) is 1.09. The number of sulfone groups is 1. The fourth-order valence-corrected chi connectivity index (χ4v) is 2.63. The van der Waals surface area contributed by atoms with E-state index in [2.05, 4.69) is 10.2 Å². The number of hydrogen-bond donors (Lipinski definition) is 2. The first-order valence-corrected chi connectivity index (χ1v) is 9.16. The summed E-state index contributed by atoms with van der Waals surface area (Å²) >= 11 is 0. The molecule has 0 heterocycles. The van der Waals surface area contributed by atoms with Gasteiger partial charge in [0.05, 0.1) is 4.90 Å². The Hall–Kier alpha value is -2.41. The Balaban J connectivity index is 2.45. The summed E-state index contributed by atoms with van der Waals surface area (Å²) in [6, 6.07) is 8.81. The van der Waals surface area contributed by atoms with Crippen molar-refractivity contribution in [2.75, 3.05) is 6.26 Å². The van der Waals surface area contributed by atoms with Crippen molar-refractivity contribution < 1.29 is 18.6 Å². The number of benzene rings is 2. The Bertz CT molecular complexity index is 897. The molecular formula is C17H20N2O4S. The molecular weight excluding hydrogens is 328 g/mol. The Kier molecular flexibility index (Phi) is 4.66. The lowest BCUT2D eigenvalue weighted by atomic mass is 9.87. The summed E-state index contributed by atoms with van der Waals surface area (Å²) < 4.78 is 23.2. The van der Waals surface area contributed by atoms with Crippen molar-refractivity contribution in [2.45, 2.75) is 31.1 Å². The molecule has 2 aromatic rings. The zero-order valence-corrected chi connectivity index (χ0v) is 14.8. The van der Waals surface area contributed by atoms with Crippen molar-refractivity contribution in [3.63, 3.8) is 0 Å². The lowest BCUT2D eigenvalue weighted by molar-refractivity contribution is 0.473. The molecule has 0 aliphatic carbocycles. The minimum Gasteiger partial charge on any atom is -0.506 e. The molecule has 7 heteroatoms. The fraction of sp³-hybridized carbons (Fsp3) is 0.294. The van der Waals surface area contributed by atoms with E-state index in [1.54, 1.807) is 12.1 Å². The molecule has 0 saturated heterocycles. The fourth-order valence-electron chi connectivity index (χ4n) is 1.99. The second-order valence-electron chi connectivity index (χ2n) is 6.58. The second-order valence-corrected chi connectivity index (χ2v) is 8.59. The average molecular weight is 348 g/mol. The van der Waals surface area contributed by atoms with Gasteiger partial charge in [-0.05, 0) is 41.3 Å². The van der Waals surface area contributed by atoms with Gasteiger partial charge in [0.15, 0.2) is 9.84 Å². The minimum atomic E-state index is -3.42. The molecule has 0 spiro atoms. The molecule has 0 amide bonds. The van der Waals surface area contributed by atoms with Crippen LogP contribution in [0.5, 0.6) is 11.5 Å². The molecule has 24 heavy (non-hydrogen) atoms. The molecule has 2 aromatic carbocycles. The summed E-state index contributed by atoms with van der Waals surface area (Å²) in [7, 11) is -3.42. The van der Waals surface area contributed by atoms with Crippen LogP contribution in [-0.2, 0) is 15.3 Å². The third-order valence-corrected chi connectivity index (χ3v) is 4.59. The Morgan fingerprint density at radius 2 is 1.38 bits per heavy atom. The molecule has 0 bridgehead atoms. The maximum atomic E-state index is 11.6. The van der Waals surface area contributed by atoms with E-state index >= 15 is 0 Å². The molecule has 0 atom stereocenters. The molecule has 0 radical (unpaired) electrons. The van der Waals surface area contributed by atoms with Crippen LogP contribution in [0.25, 0.3) is 0 Å². The summed E-state index contributed by atoms with van der Waals surface area (Å²) in [4.78, 5) is 0.0296.